The SMILES string of the molecule is O=C1Nc2cccc(n2)-c2nncn2C/C=C/CCOc2cc(F)c(Br)cc21. The molecule has 1 aromatic carbocycles. The van der Waals surface area contributed by atoms with E-state index in [4.69, 9.17) is 4.74 Å². The highest BCUT2D eigenvalue weighted by Crippen LogP contribution is 2.28. The number of anilines is 1. The van der Waals surface area contributed by atoms with E-state index in [9.17, 15) is 9.18 Å². The van der Waals surface area contributed by atoms with Crippen molar-refractivity contribution in [2.75, 3.05) is 11.9 Å². The van der Waals surface area contributed by atoms with E-state index in [1.807, 2.05) is 16.7 Å². The second-order valence-electron chi connectivity index (χ2n) is 6.04. The molecular formula is C19H15BrFN5O2. The maximum absolute atomic E-state index is 14.0. The van der Waals surface area contributed by atoms with E-state index in [0.717, 1.165) is 0 Å². The largest absolute Gasteiger partial charge is 0.492 e. The van der Waals surface area contributed by atoms with Gasteiger partial charge in [-0.05, 0) is 40.5 Å². The third-order valence-corrected chi connectivity index (χ3v) is 4.72. The summed E-state index contributed by atoms with van der Waals surface area (Å²) in [4.78, 5) is 17.2. The van der Waals surface area contributed by atoms with Crippen molar-refractivity contribution in [1.29, 1.82) is 0 Å². The molecule has 0 saturated carbocycles. The Balaban J connectivity index is 1.76. The van der Waals surface area contributed by atoms with Crippen LogP contribution in [0.1, 0.15) is 16.8 Å². The quantitative estimate of drug-likeness (QED) is 0.533. The second kappa shape index (κ2) is 7.89. The summed E-state index contributed by atoms with van der Waals surface area (Å²) in [6.07, 6.45) is 6.13. The summed E-state index contributed by atoms with van der Waals surface area (Å²) in [6.45, 7) is 0.873. The van der Waals surface area contributed by atoms with Crippen LogP contribution in [0.15, 0.2) is 53.3 Å². The number of amides is 1. The highest BCUT2D eigenvalue weighted by Gasteiger charge is 2.18. The van der Waals surface area contributed by atoms with Crippen molar-refractivity contribution >= 4 is 27.7 Å². The molecule has 0 atom stereocenters. The number of carbonyl (C=O) groups is 1. The van der Waals surface area contributed by atoms with Gasteiger partial charge < -0.3 is 14.6 Å². The molecule has 28 heavy (non-hydrogen) atoms. The Kier molecular flexibility index (Phi) is 5.16. The van der Waals surface area contributed by atoms with Gasteiger partial charge in [-0.25, -0.2) is 9.37 Å². The van der Waals surface area contributed by atoms with Crippen LogP contribution in [-0.4, -0.2) is 32.3 Å². The average Bonchev–Trinajstić information content (AvgIpc) is 3.15. The van der Waals surface area contributed by atoms with Crippen molar-refractivity contribution in [2.45, 2.75) is 13.0 Å². The maximum atomic E-state index is 14.0. The van der Waals surface area contributed by atoms with E-state index in [0.29, 0.717) is 36.9 Å². The first-order valence-electron chi connectivity index (χ1n) is 8.55. The predicted octanol–water partition coefficient (Wildman–Crippen LogP) is 3.83. The number of aromatic nitrogens is 4. The van der Waals surface area contributed by atoms with Crippen LogP contribution >= 0.6 is 15.9 Å². The van der Waals surface area contributed by atoms with Crippen LogP contribution in [0.4, 0.5) is 10.2 Å². The lowest BCUT2D eigenvalue weighted by molar-refractivity contribution is 0.102. The minimum atomic E-state index is -0.502. The summed E-state index contributed by atoms with van der Waals surface area (Å²) in [6, 6.07) is 7.82. The molecule has 142 valence electrons. The molecule has 1 aliphatic heterocycles. The smallest absolute Gasteiger partial charge is 0.260 e. The van der Waals surface area contributed by atoms with Gasteiger partial charge in [0, 0.05) is 12.6 Å². The molecule has 1 amide bonds. The summed E-state index contributed by atoms with van der Waals surface area (Å²) in [7, 11) is 0. The molecule has 0 saturated heterocycles. The lowest BCUT2D eigenvalue weighted by atomic mass is 10.1. The van der Waals surface area contributed by atoms with Crippen molar-refractivity contribution < 1.29 is 13.9 Å². The molecular weight excluding hydrogens is 429 g/mol. The van der Waals surface area contributed by atoms with Gasteiger partial charge in [-0.2, -0.15) is 0 Å². The molecule has 0 unspecified atom stereocenters. The first-order valence-corrected chi connectivity index (χ1v) is 9.34. The van der Waals surface area contributed by atoms with Crippen LogP contribution in [0.25, 0.3) is 11.5 Å². The van der Waals surface area contributed by atoms with E-state index < -0.39 is 11.7 Å². The number of fused-ring (bicyclic) bond motifs is 5. The van der Waals surface area contributed by atoms with Gasteiger partial charge in [-0.3, -0.25) is 4.79 Å². The summed E-state index contributed by atoms with van der Waals surface area (Å²) >= 11 is 3.12. The van der Waals surface area contributed by atoms with Crippen LogP contribution in [0.2, 0.25) is 0 Å². The fraction of sp³-hybridized carbons (Fsp3) is 0.158. The van der Waals surface area contributed by atoms with E-state index >= 15 is 0 Å². The van der Waals surface area contributed by atoms with E-state index in [1.165, 1.54) is 12.1 Å². The third-order valence-electron chi connectivity index (χ3n) is 4.11. The number of carbonyl (C=O) groups excluding carboxylic acids is 1. The minimum Gasteiger partial charge on any atom is -0.492 e. The highest BCUT2D eigenvalue weighted by atomic mass is 79.9. The summed E-state index contributed by atoms with van der Waals surface area (Å²) < 4.78 is 21.6. The number of nitrogens with one attached hydrogen (secondary N) is 1. The summed E-state index contributed by atoms with van der Waals surface area (Å²) in [5.41, 5.74) is 0.790. The molecule has 3 aromatic rings. The minimum absolute atomic E-state index is 0.176. The molecule has 0 spiro atoms. The first kappa shape index (κ1) is 18.3. The second-order valence-corrected chi connectivity index (χ2v) is 6.89. The first-order chi connectivity index (χ1) is 13.6. The molecule has 0 fully saturated rings. The van der Waals surface area contributed by atoms with Crippen molar-refractivity contribution in [3.8, 4) is 17.3 Å². The zero-order valence-corrected chi connectivity index (χ0v) is 16.2. The van der Waals surface area contributed by atoms with Crippen molar-refractivity contribution in [2.24, 2.45) is 0 Å². The molecule has 4 rings (SSSR count). The van der Waals surface area contributed by atoms with Gasteiger partial charge >= 0.3 is 0 Å². The topological polar surface area (TPSA) is 81.9 Å². The summed E-state index contributed by atoms with van der Waals surface area (Å²) in [5, 5.41) is 10.8. The van der Waals surface area contributed by atoms with Gasteiger partial charge in [-0.15, -0.1) is 10.2 Å². The van der Waals surface area contributed by atoms with Crippen LogP contribution in [0.5, 0.6) is 5.75 Å². The van der Waals surface area contributed by atoms with Gasteiger partial charge in [-0.1, -0.05) is 18.2 Å². The Labute approximate surface area is 168 Å². The zero-order chi connectivity index (χ0) is 19.5. The van der Waals surface area contributed by atoms with Crippen LogP contribution in [0.3, 0.4) is 0 Å². The monoisotopic (exact) mass is 443 g/mol. The Morgan fingerprint density at radius 1 is 1.25 bits per heavy atom. The van der Waals surface area contributed by atoms with Gasteiger partial charge in [0.05, 0.1) is 16.6 Å². The van der Waals surface area contributed by atoms with E-state index in [2.05, 4.69) is 36.4 Å². The van der Waals surface area contributed by atoms with Crippen molar-refractivity contribution in [3.05, 3.63) is 64.7 Å². The number of hydrogen-bond acceptors (Lipinski definition) is 5. The number of pyridine rings is 1. The fourth-order valence-electron chi connectivity index (χ4n) is 2.77. The van der Waals surface area contributed by atoms with Crippen molar-refractivity contribution in [3.63, 3.8) is 0 Å². The molecule has 0 radical (unpaired) electrons. The number of ether oxygens (including phenoxy) is 1. The Bertz CT molecular complexity index is 1070. The molecule has 1 N–H and O–H groups in total. The van der Waals surface area contributed by atoms with E-state index in [-0.39, 0.29) is 15.8 Å². The van der Waals surface area contributed by atoms with Crippen LogP contribution in [-0.2, 0) is 6.54 Å². The lowest BCUT2D eigenvalue weighted by Gasteiger charge is -2.12. The normalized spacial score (nSPS) is 15.3. The molecule has 2 aromatic heterocycles. The number of nitrogens with zero attached hydrogens (tertiary/aromatic N) is 4. The Morgan fingerprint density at radius 2 is 2.14 bits per heavy atom. The number of rotatable bonds is 0. The van der Waals surface area contributed by atoms with Gasteiger partial charge in [0.25, 0.3) is 5.91 Å². The lowest BCUT2D eigenvalue weighted by Crippen LogP contribution is -2.15. The third kappa shape index (κ3) is 3.79. The molecule has 2 bridgehead atoms. The molecule has 1 aliphatic rings. The highest BCUT2D eigenvalue weighted by molar-refractivity contribution is 9.10. The van der Waals surface area contributed by atoms with Gasteiger partial charge in [0.1, 0.15) is 29.4 Å². The molecule has 0 aliphatic carbocycles. The molecule has 7 nitrogen and oxygen atoms in total. The van der Waals surface area contributed by atoms with Crippen LogP contribution < -0.4 is 10.1 Å². The predicted molar refractivity (Wildman–Crippen MR) is 105 cm³/mol. The average molecular weight is 444 g/mol. The fourth-order valence-corrected chi connectivity index (χ4v) is 3.11. The zero-order valence-electron chi connectivity index (χ0n) is 14.6. The molecule has 9 heteroatoms. The van der Waals surface area contributed by atoms with Gasteiger partial charge in [0.15, 0.2) is 5.82 Å². The van der Waals surface area contributed by atoms with Gasteiger partial charge in [0.2, 0.25) is 0 Å². The number of allylic oxidation sites excluding steroid dienone is 1. The number of benzene rings is 1. The molecule has 3 heterocycles. The Morgan fingerprint density at radius 3 is 3.04 bits per heavy atom. The van der Waals surface area contributed by atoms with E-state index in [1.54, 1.807) is 24.5 Å². The Hall–Kier alpha value is -3.07. The maximum Gasteiger partial charge on any atom is 0.260 e. The number of halogens is 2. The summed E-state index contributed by atoms with van der Waals surface area (Å²) in [5.74, 6) is 0.158. The number of hydrogen-bond donors (Lipinski definition) is 1. The van der Waals surface area contributed by atoms with Crippen molar-refractivity contribution in [1.82, 2.24) is 19.7 Å². The van der Waals surface area contributed by atoms with Crippen LogP contribution in [0, 0.1) is 5.82 Å². The standard InChI is InChI=1S/C19H15BrFN5O2/c20-13-9-12-16(10-14(13)21)28-8-3-1-2-7-26-11-22-25-18(26)15-5-4-6-17(23-15)24-19(12)27/h1-2,4-6,9-11H,3,7-8H2,(H,23,24,27)/b2-1+.